The molecule has 0 radical (unpaired) electrons. The molecule has 22 heavy (non-hydrogen) atoms. The van der Waals surface area contributed by atoms with Crippen molar-refractivity contribution < 1.29 is 18.4 Å². The third kappa shape index (κ3) is 3.66. The van der Waals surface area contributed by atoms with Gasteiger partial charge in [0.2, 0.25) is 0 Å². The average Bonchev–Trinajstić information content (AvgIpc) is 2.51. The topological polar surface area (TPSA) is 58.2 Å². The third-order valence-electron chi connectivity index (χ3n) is 3.03. The molecule has 2 N–H and O–H groups in total. The molecule has 0 atom stereocenters. The van der Waals surface area contributed by atoms with Crippen LogP contribution in [-0.2, 0) is 16.0 Å². The molecule has 0 saturated heterocycles. The SMILES string of the molecule is CCc1ccccc1NC(=O)C(=O)Nc1ccc(F)c(F)c1. The van der Waals surface area contributed by atoms with Crippen LogP contribution in [0.5, 0.6) is 0 Å². The van der Waals surface area contributed by atoms with E-state index in [0.29, 0.717) is 12.1 Å². The normalized spacial score (nSPS) is 10.1. The van der Waals surface area contributed by atoms with Crippen LogP contribution < -0.4 is 10.6 Å². The monoisotopic (exact) mass is 304 g/mol. The van der Waals surface area contributed by atoms with Crippen molar-refractivity contribution in [3.05, 3.63) is 59.7 Å². The first-order valence-electron chi connectivity index (χ1n) is 6.66. The predicted octanol–water partition coefficient (Wildman–Crippen LogP) is 3.10. The molecule has 2 aromatic rings. The lowest BCUT2D eigenvalue weighted by Crippen LogP contribution is -2.29. The summed E-state index contributed by atoms with van der Waals surface area (Å²) in [6, 6.07) is 9.93. The maximum Gasteiger partial charge on any atom is 0.314 e. The average molecular weight is 304 g/mol. The fraction of sp³-hybridized carbons (Fsp3) is 0.125. The highest BCUT2D eigenvalue weighted by molar-refractivity contribution is 6.43. The molecule has 0 bridgehead atoms. The number of rotatable bonds is 3. The standard InChI is InChI=1S/C16H14F2N2O2/c1-2-10-5-3-4-6-14(10)20-16(22)15(21)19-11-7-8-12(17)13(18)9-11/h3-9H,2H2,1H3,(H,19,21)(H,20,22). The van der Waals surface area contributed by atoms with Crippen LogP contribution in [0.2, 0.25) is 0 Å². The number of halogens is 2. The van der Waals surface area contributed by atoms with Crippen molar-refractivity contribution >= 4 is 23.2 Å². The molecule has 0 aliphatic heterocycles. The Morgan fingerprint density at radius 2 is 1.64 bits per heavy atom. The van der Waals surface area contributed by atoms with E-state index in [1.54, 1.807) is 12.1 Å². The number of hydrogen-bond donors (Lipinski definition) is 2. The lowest BCUT2D eigenvalue weighted by atomic mass is 10.1. The van der Waals surface area contributed by atoms with Crippen LogP contribution in [-0.4, -0.2) is 11.8 Å². The number of carbonyl (C=O) groups excluding carboxylic acids is 2. The highest BCUT2D eigenvalue weighted by Crippen LogP contribution is 2.16. The molecule has 0 saturated carbocycles. The summed E-state index contributed by atoms with van der Waals surface area (Å²) in [6.45, 7) is 1.92. The summed E-state index contributed by atoms with van der Waals surface area (Å²) in [7, 11) is 0. The van der Waals surface area contributed by atoms with E-state index in [2.05, 4.69) is 10.6 Å². The van der Waals surface area contributed by atoms with Crippen molar-refractivity contribution in [1.29, 1.82) is 0 Å². The van der Waals surface area contributed by atoms with Gasteiger partial charge in [0, 0.05) is 17.4 Å². The van der Waals surface area contributed by atoms with Gasteiger partial charge in [0.25, 0.3) is 0 Å². The van der Waals surface area contributed by atoms with Crippen LogP contribution >= 0.6 is 0 Å². The maximum absolute atomic E-state index is 13.0. The van der Waals surface area contributed by atoms with Crippen molar-refractivity contribution in [3.63, 3.8) is 0 Å². The van der Waals surface area contributed by atoms with E-state index in [9.17, 15) is 18.4 Å². The second kappa shape index (κ2) is 6.80. The molecule has 4 nitrogen and oxygen atoms in total. The molecule has 0 heterocycles. The zero-order chi connectivity index (χ0) is 16.1. The Labute approximate surface area is 126 Å². The van der Waals surface area contributed by atoms with Crippen LogP contribution in [0.3, 0.4) is 0 Å². The largest absolute Gasteiger partial charge is 0.318 e. The number of amides is 2. The Kier molecular flexibility index (Phi) is 4.83. The highest BCUT2D eigenvalue weighted by atomic mass is 19.2. The number of nitrogens with one attached hydrogen (secondary N) is 2. The Bertz CT molecular complexity index is 717. The fourth-order valence-electron chi connectivity index (χ4n) is 1.89. The molecule has 0 aromatic heterocycles. The van der Waals surface area contributed by atoms with Gasteiger partial charge in [-0.15, -0.1) is 0 Å². The minimum absolute atomic E-state index is 0.00262. The summed E-state index contributed by atoms with van der Waals surface area (Å²) in [5.74, 6) is -3.98. The second-order valence-corrected chi connectivity index (χ2v) is 4.55. The van der Waals surface area contributed by atoms with E-state index >= 15 is 0 Å². The highest BCUT2D eigenvalue weighted by Gasteiger charge is 2.16. The van der Waals surface area contributed by atoms with Gasteiger partial charge in [0.05, 0.1) is 0 Å². The molecule has 2 aromatic carbocycles. The molecule has 0 spiro atoms. The van der Waals surface area contributed by atoms with E-state index < -0.39 is 23.4 Å². The van der Waals surface area contributed by atoms with Gasteiger partial charge in [-0.25, -0.2) is 8.78 Å². The Morgan fingerprint density at radius 3 is 2.32 bits per heavy atom. The Hall–Kier alpha value is -2.76. The molecule has 2 rings (SSSR count). The lowest BCUT2D eigenvalue weighted by Gasteiger charge is -2.10. The number of para-hydroxylation sites is 1. The van der Waals surface area contributed by atoms with E-state index in [0.717, 1.165) is 17.7 Å². The molecule has 114 valence electrons. The van der Waals surface area contributed by atoms with Gasteiger partial charge in [-0.05, 0) is 30.2 Å². The number of benzene rings is 2. The molecule has 0 aliphatic rings. The lowest BCUT2D eigenvalue weighted by molar-refractivity contribution is -0.133. The molecule has 0 fully saturated rings. The zero-order valence-electron chi connectivity index (χ0n) is 11.8. The molecule has 0 unspecified atom stereocenters. The van der Waals surface area contributed by atoms with E-state index in [-0.39, 0.29) is 5.69 Å². The van der Waals surface area contributed by atoms with Gasteiger partial charge in [-0.1, -0.05) is 25.1 Å². The summed E-state index contributed by atoms with van der Waals surface area (Å²) in [5, 5.41) is 4.70. The molecule has 6 heteroatoms. The Morgan fingerprint density at radius 1 is 0.955 bits per heavy atom. The molecule has 0 aliphatic carbocycles. The van der Waals surface area contributed by atoms with Crippen LogP contribution in [0.1, 0.15) is 12.5 Å². The van der Waals surface area contributed by atoms with Gasteiger partial charge in [-0.3, -0.25) is 9.59 Å². The summed E-state index contributed by atoms with van der Waals surface area (Å²) < 4.78 is 25.8. The van der Waals surface area contributed by atoms with E-state index in [1.165, 1.54) is 6.07 Å². The van der Waals surface area contributed by atoms with Crippen molar-refractivity contribution in [1.82, 2.24) is 0 Å². The fourth-order valence-corrected chi connectivity index (χ4v) is 1.89. The van der Waals surface area contributed by atoms with Crippen molar-refractivity contribution in [2.75, 3.05) is 10.6 Å². The van der Waals surface area contributed by atoms with Gasteiger partial charge in [-0.2, -0.15) is 0 Å². The van der Waals surface area contributed by atoms with Crippen LogP contribution in [0.25, 0.3) is 0 Å². The van der Waals surface area contributed by atoms with Gasteiger partial charge in [0.1, 0.15) is 0 Å². The van der Waals surface area contributed by atoms with Gasteiger partial charge < -0.3 is 10.6 Å². The Balaban J connectivity index is 2.06. The van der Waals surface area contributed by atoms with Crippen LogP contribution in [0.15, 0.2) is 42.5 Å². The summed E-state index contributed by atoms with van der Waals surface area (Å²) >= 11 is 0. The van der Waals surface area contributed by atoms with Gasteiger partial charge >= 0.3 is 11.8 Å². The quantitative estimate of drug-likeness (QED) is 0.856. The van der Waals surface area contributed by atoms with Crippen molar-refractivity contribution in [3.8, 4) is 0 Å². The zero-order valence-corrected chi connectivity index (χ0v) is 11.8. The van der Waals surface area contributed by atoms with Gasteiger partial charge in [0.15, 0.2) is 11.6 Å². The second-order valence-electron chi connectivity index (χ2n) is 4.55. The number of hydrogen-bond acceptors (Lipinski definition) is 2. The van der Waals surface area contributed by atoms with Crippen LogP contribution in [0, 0.1) is 11.6 Å². The van der Waals surface area contributed by atoms with Crippen molar-refractivity contribution in [2.45, 2.75) is 13.3 Å². The summed E-state index contributed by atoms with van der Waals surface area (Å²) in [6.07, 6.45) is 0.696. The summed E-state index contributed by atoms with van der Waals surface area (Å²) in [4.78, 5) is 23.6. The first-order valence-corrected chi connectivity index (χ1v) is 6.66. The van der Waals surface area contributed by atoms with Crippen molar-refractivity contribution in [2.24, 2.45) is 0 Å². The smallest absolute Gasteiger partial charge is 0.314 e. The summed E-state index contributed by atoms with van der Waals surface area (Å²) in [5.41, 5.74) is 1.43. The molecule has 2 amide bonds. The number of carbonyl (C=O) groups is 2. The van der Waals surface area contributed by atoms with E-state index in [4.69, 9.17) is 0 Å². The first-order chi connectivity index (χ1) is 10.5. The third-order valence-corrected chi connectivity index (χ3v) is 3.03. The molecular formula is C16H14F2N2O2. The predicted molar refractivity (Wildman–Crippen MR) is 79.4 cm³/mol. The number of anilines is 2. The van der Waals surface area contributed by atoms with Crippen LogP contribution in [0.4, 0.5) is 20.2 Å². The minimum Gasteiger partial charge on any atom is -0.318 e. The minimum atomic E-state index is -1.10. The maximum atomic E-state index is 13.0. The first kappa shape index (κ1) is 15.6. The van der Waals surface area contributed by atoms with E-state index in [1.807, 2.05) is 19.1 Å². The number of aryl methyl sites for hydroxylation is 1. The molecular weight excluding hydrogens is 290 g/mol.